The first-order chi connectivity index (χ1) is 8.65. The van der Waals surface area contributed by atoms with Crippen molar-refractivity contribution >= 4 is 22.6 Å². The molecule has 0 unspecified atom stereocenters. The molecule has 0 aliphatic rings. The van der Waals surface area contributed by atoms with Crippen LogP contribution in [0.4, 0.5) is 4.39 Å². The first kappa shape index (κ1) is 11.1. The minimum absolute atomic E-state index is 0.0580. The van der Waals surface area contributed by atoms with Gasteiger partial charge in [0.25, 0.3) is 0 Å². The van der Waals surface area contributed by atoms with Crippen LogP contribution in [-0.2, 0) is 0 Å². The van der Waals surface area contributed by atoms with E-state index in [0.29, 0.717) is 22.3 Å². The molecular formula is C12H8ClFN4. The van der Waals surface area contributed by atoms with Gasteiger partial charge in [0.1, 0.15) is 5.82 Å². The molecule has 18 heavy (non-hydrogen) atoms. The van der Waals surface area contributed by atoms with E-state index < -0.39 is 0 Å². The van der Waals surface area contributed by atoms with Gasteiger partial charge in [-0.1, -0.05) is 11.6 Å². The monoisotopic (exact) mass is 262 g/mol. The molecule has 3 aromatic rings. The highest BCUT2D eigenvalue weighted by Crippen LogP contribution is 2.28. The van der Waals surface area contributed by atoms with Gasteiger partial charge in [-0.25, -0.2) is 9.37 Å². The molecule has 0 bridgehead atoms. The molecule has 6 heteroatoms. The number of rotatable bonds is 1. The quantitative estimate of drug-likeness (QED) is 0.686. The van der Waals surface area contributed by atoms with Crippen molar-refractivity contribution in [1.82, 2.24) is 20.2 Å². The first-order valence-electron chi connectivity index (χ1n) is 5.28. The van der Waals surface area contributed by atoms with Gasteiger partial charge in [0.2, 0.25) is 5.28 Å². The average molecular weight is 263 g/mol. The fraction of sp³-hybridized carbons (Fsp3) is 0.0833. The number of benzene rings is 1. The molecule has 0 spiro atoms. The van der Waals surface area contributed by atoms with Crippen LogP contribution in [0, 0.1) is 12.7 Å². The molecule has 0 radical (unpaired) electrons. The summed E-state index contributed by atoms with van der Waals surface area (Å²) >= 11 is 5.83. The lowest BCUT2D eigenvalue weighted by atomic mass is 10.1. The Morgan fingerprint density at radius 2 is 2.11 bits per heavy atom. The second-order valence-electron chi connectivity index (χ2n) is 3.96. The standard InChI is InChI=1S/C12H8ClFN4/c1-6-2-3-9(14)7(4-6)10-8-5-15-18-11(8)17-12(13)16-10/h2-5H,1H3,(H,15,16,17,18). The van der Waals surface area contributed by atoms with E-state index in [2.05, 4.69) is 20.2 Å². The van der Waals surface area contributed by atoms with E-state index in [1.54, 1.807) is 18.3 Å². The highest BCUT2D eigenvalue weighted by atomic mass is 35.5. The lowest BCUT2D eigenvalue weighted by Gasteiger charge is -2.05. The number of nitrogens with zero attached hydrogens (tertiary/aromatic N) is 3. The summed E-state index contributed by atoms with van der Waals surface area (Å²) in [5.74, 6) is -0.349. The van der Waals surface area contributed by atoms with Gasteiger partial charge in [-0.3, -0.25) is 5.10 Å². The maximum Gasteiger partial charge on any atom is 0.224 e. The summed E-state index contributed by atoms with van der Waals surface area (Å²) in [7, 11) is 0. The number of halogens is 2. The molecule has 2 heterocycles. The summed E-state index contributed by atoms with van der Waals surface area (Å²) in [5.41, 5.74) is 2.27. The van der Waals surface area contributed by atoms with E-state index in [9.17, 15) is 4.39 Å². The van der Waals surface area contributed by atoms with E-state index in [4.69, 9.17) is 11.6 Å². The molecule has 4 nitrogen and oxygen atoms in total. The Labute approximate surface area is 107 Å². The summed E-state index contributed by atoms with van der Waals surface area (Å²) in [5, 5.41) is 7.27. The Morgan fingerprint density at radius 3 is 2.94 bits per heavy atom. The maximum absolute atomic E-state index is 13.9. The minimum atomic E-state index is -0.349. The molecule has 2 aromatic heterocycles. The van der Waals surface area contributed by atoms with E-state index in [-0.39, 0.29) is 11.1 Å². The van der Waals surface area contributed by atoms with E-state index >= 15 is 0 Å². The number of nitrogens with one attached hydrogen (secondary N) is 1. The van der Waals surface area contributed by atoms with Crippen molar-refractivity contribution in [3.05, 3.63) is 41.1 Å². The van der Waals surface area contributed by atoms with E-state index in [1.165, 1.54) is 6.07 Å². The van der Waals surface area contributed by atoms with Gasteiger partial charge in [-0.2, -0.15) is 10.1 Å². The number of aromatic nitrogens is 4. The Balaban J connectivity index is 2.37. The molecular weight excluding hydrogens is 255 g/mol. The van der Waals surface area contributed by atoms with Crippen LogP contribution in [0.1, 0.15) is 5.56 Å². The largest absolute Gasteiger partial charge is 0.261 e. The second-order valence-corrected chi connectivity index (χ2v) is 4.29. The fourth-order valence-corrected chi connectivity index (χ4v) is 2.00. The molecule has 1 N–H and O–H groups in total. The zero-order chi connectivity index (χ0) is 12.7. The van der Waals surface area contributed by atoms with Crippen molar-refractivity contribution in [2.24, 2.45) is 0 Å². The molecule has 0 atom stereocenters. The summed E-state index contributed by atoms with van der Waals surface area (Å²) in [6.07, 6.45) is 1.56. The normalized spacial score (nSPS) is 11.1. The Hall–Kier alpha value is -2.01. The van der Waals surface area contributed by atoms with Crippen molar-refractivity contribution in [2.75, 3.05) is 0 Å². The lowest BCUT2D eigenvalue weighted by molar-refractivity contribution is 0.630. The van der Waals surface area contributed by atoms with Crippen LogP contribution in [0.15, 0.2) is 24.4 Å². The van der Waals surface area contributed by atoms with Gasteiger partial charge in [-0.05, 0) is 30.7 Å². The second kappa shape index (κ2) is 4.03. The van der Waals surface area contributed by atoms with Gasteiger partial charge in [0, 0.05) is 5.56 Å². The van der Waals surface area contributed by atoms with E-state index in [1.807, 2.05) is 6.92 Å². The average Bonchev–Trinajstić information content (AvgIpc) is 2.79. The topological polar surface area (TPSA) is 54.5 Å². The number of H-pyrrole nitrogens is 1. The smallest absolute Gasteiger partial charge is 0.224 e. The van der Waals surface area contributed by atoms with Crippen LogP contribution >= 0.6 is 11.6 Å². The van der Waals surface area contributed by atoms with Crippen LogP contribution in [0.3, 0.4) is 0 Å². The van der Waals surface area contributed by atoms with Gasteiger partial charge in [0.15, 0.2) is 5.65 Å². The third-order valence-electron chi connectivity index (χ3n) is 2.66. The molecule has 1 aromatic carbocycles. The van der Waals surface area contributed by atoms with E-state index in [0.717, 1.165) is 5.56 Å². The SMILES string of the molecule is Cc1ccc(F)c(-c2nc(Cl)nc3[nH]ncc23)c1. The van der Waals surface area contributed by atoms with Crippen molar-refractivity contribution in [3.8, 4) is 11.3 Å². The number of fused-ring (bicyclic) bond motifs is 1. The van der Waals surface area contributed by atoms with Gasteiger partial charge >= 0.3 is 0 Å². The molecule has 0 aliphatic heterocycles. The fourth-order valence-electron chi connectivity index (χ4n) is 1.83. The highest BCUT2D eigenvalue weighted by Gasteiger charge is 2.14. The first-order valence-corrected chi connectivity index (χ1v) is 5.66. The molecule has 0 amide bonds. The van der Waals surface area contributed by atoms with Gasteiger partial charge < -0.3 is 0 Å². The van der Waals surface area contributed by atoms with Crippen LogP contribution in [0.2, 0.25) is 5.28 Å². The molecule has 90 valence electrons. The zero-order valence-corrected chi connectivity index (χ0v) is 10.2. The molecule has 0 saturated carbocycles. The van der Waals surface area contributed by atoms with Crippen molar-refractivity contribution < 1.29 is 4.39 Å². The van der Waals surface area contributed by atoms with Crippen molar-refractivity contribution in [3.63, 3.8) is 0 Å². The number of aryl methyl sites for hydroxylation is 1. The third kappa shape index (κ3) is 1.73. The lowest BCUT2D eigenvalue weighted by Crippen LogP contribution is -1.93. The number of hydrogen-bond donors (Lipinski definition) is 1. The maximum atomic E-state index is 13.9. The van der Waals surface area contributed by atoms with Crippen molar-refractivity contribution in [1.29, 1.82) is 0 Å². The van der Waals surface area contributed by atoms with Crippen LogP contribution < -0.4 is 0 Å². The van der Waals surface area contributed by atoms with Crippen molar-refractivity contribution in [2.45, 2.75) is 6.92 Å². The van der Waals surface area contributed by atoms with Gasteiger partial charge in [-0.15, -0.1) is 0 Å². The highest BCUT2D eigenvalue weighted by molar-refractivity contribution is 6.28. The summed E-state index contributed by atoms with van der Waals surface area (Å²) < 4.78 is 13.9. The molecule has 0 aliphatic carbocycles. The molecule has 3 rings (SSSR count). The summed E-state index contributed by atoms with van der Waals surface area (Å²) in [4.78, 5) is 8.09. The van der Waals surface area contributed by atoms with Crippen LogP contribution in [0.5, 0.6) is 0 Å². The Bertz CT molecular complexity index is 738. The number of hydrogen-bond acceptors (Lipinski definition) is 3. The minimum Gasteiger partial charge on any atom is -0.261 e. The molecule has 0 fully saturated rings. The zero-order valence-electron chi connectivity index (χ0n) is 9.41. The van der Waals surface area contributed by atoms with Gasteiger partial charge in [0.05, 0.1) is 17.3 Å². The Morgan fingerprint density at radius 1 is 1.28 bits per heavy atom. The van der Waals surface area contributed by atoms with Crippen LogP contribution in [-0.4, -0.2) is 20.2 Å². The summed E-state index contributed by atoms with van der Waals surface area (Å²) in [6, 6.07) is 4.83. The predicted octanol–water partition coefficient (Wildman–Crippen LogP) is 3.12. The summed E-state index contributed by atoms with van der Waals surface area (Å²) in [6.45, 7) is 1.89. The predicted molar refractivity (Wildman–Crippen MR) is 66.8 cm³/mol. The number of aromatic amines is 1. The Kier molecular flexibility index (Phi) is 2.48. The third-order valence-corrected chi connectivity index (χ3v) is 2.83. The van der Waals surface area contributed by atoms with Crippen LogP contribution in [0.25, 0.3) is 22.3 Å². The molecule has 0 saturated heterocycles.